The van der Waals surface area contributed by atoms with Crippen molar-refractivity contribution in [2.24, 2.45) is 0 Å². The van der Waals surface area contributed by atoms with Crippen LogP contribution in [0.25, 0.3) is 0 Å². The van der Waals surface area contributed by atoms with Crippen molar-refractivity contribution in [2.45, 2.75) is 12.5 Å². The summed E-state index contributed by atoms with van der Waals surface area (Å²) in [5, 5.41) is 0. The van der Waals surface area contributed by atoms with E-state index < -0.39 is 0 Å². The van der Waals surface area contributed by atoms with Crippen LogP contribution in [-0.4, -0.2) is 59.5 Å². The lowest BCUT2D eigenvalue weighted by molar-refractivity contribution is -0.117. The van der Waals surface area contributed by atoms with Gasteiger partial charge in [-0.3, -0.25) is 9.69 Å². The summed E-state index contributed by atoms with van der Waals surface area (Å²) in [6, 6.07) is 6.56. The Kier molecular flexibility index (Phi) is 4.86. The lowest BCUT2D eigenvalue weighted by Gasteiger charge is -2.37. The van der Waals surface area contributed by atoms with E-state index >= 15 is 0 Å². The fourth-order valence-electron chi connectivity index (χ4n) is 3.62. The van der Waals surface area contributed by atoms with Crippen LogP contribution in [0.15, 0.2) is 41.1 Å². The number of anilines is 2. The Hall–Kier alpha value is -2.06. The molecule has 0 aliphatic carbocycles. The van der Waals surface area contributed by atoms with Crippen molar-refractivity contribution < 1.29 is 9.18 Å². The third-order valence-electron chi connectivity index (χ3n) is 4.93. The van der Waals surface area contributed by atoms with Crippen LogP contribution < -0.4 is 9.80 Å². The van der Waals surface area contributed by atoms with Crippen molar-refractivity contribution in [3.05, 3.63) is 46.9 Å². The molecule has 2 saturated heterocycles. The Morgan fingerprint density at radius 3 is 2.50 bits per heavy atom. The number of hydrogen-bond donors (Lipinski definition) is 0. The van der Waals surface area contributed by atoms with Gasteiger partial charge >= 0.3 is 0 Å². The molecule has 0 bridgehead atoms. The number of rotatable bonds is 3. The molecule has 3 heterocycles. The first-order valence-electron chi connectivity index (χ1n) is 8.62. The Labute approximate surface area is 159 Å². The Balaban J connectivity index is 1.40. The predicted octanol–water partition coefficient (Wildman–Crippen LogP) is 2.31. The molecule has 0 saturated carbocycles. The molecule has 2 aromatic rings. The molecule has 2 aliphatic rings. The van der Waals surface area contributed by atoms with E-state index in [4.69, 9.17) is 0 Å². The van der Waals surface area contributed by atoms with Gasteiger partial charge in [-0.25, -0.2) is 14.4 Å². The molecule has 0 N–H and O–H groups in total. The zero-order valence-electron chi connectivity index (χ0n) is 14.2. The van der Waals surface area contributed by atoms with E-state index in [2.05, 4.69) is 35.7 Å². The van der Waals surface area contributed by atoms with Crippen molar-refractivity contribution in [1.82, 2.24) is 14.9 Å². The minimum Gasteiger partial charge on any atom is -0.338 e. The molecule has 0 radical (unpaired) electrons. The molecular weight excluding hydrogens is 401 g/mol. The molecule has 1 unspecified atom stereocenters. The van der Waals surface area contributed by atoms with Gasteiger partial charge in [0.15, 0.2) is 0 Å². The topological polar surface area (TPSA) is 52.6 Å². The van der Waals surface area contributed by atoms with Crippen LogP contribution in [0.1, 0.15) is 6.42 Å². The first-order chi connectivity index (χ1) is 12.6. The van der Waals surface area contributed by atoms with E-state index in [9.17, 15) is 9.18 Å². The molecule has 8 heteroatoms. The van der Waals surface area contributed by atoms with Gasteiger partial charge in [0.25, 0.3) is 0 Å². The van der Waals surface area contributed by atoms with E-state index in [1.54, 1.807) is 23.4 Å². The standard InChI is InChI=1S/C18H19BrFN5O/c19-13-8-14(20)10-15(9-13)25-12-16(11-17(25)26)23-4-6-24(7-5-23)18-21-2-1-3-22-18/h1-3,8-10,16H,4-7,11-12H2. The lowest BCUT2D eigenvalue weighted by Crippen LogP contribution is -2.51. The maximum absolute atomic E-state index is 13.7. The number of hydrogen-bond acceptors (Lipinski definition) is 5. The van der Waals surface area contributed by atoms with Crippen molar-refractivity contribution >= 4 is 33.5 Å². The van der Waals surface area contributed by atoms with Gasteiger partial charge in [0.2, 0.25) is 11.9 Å². The maximum Gasteiger partial charge on any atom is 0.228 e. The lowest BCUT2D eigenvalue weighted by atomic mass is 10.2. The number of piperazine rings is 1. The second kappa shape index (κ2) is 7.28. The molecule has 1 aromatic carbocycles. The summed E-state index contributed by atoms with van der Waals surface area (Å²) in [6.07, 6.45) is 3.97. The first-order valence-corrected chi connectivity index (χ1v) is 9.42. The highest BCUT2D eigenvalue weighted by atomic mass is 79.9. The number of carbonyl (C=O) groups is 1. The molecule has 4 rings (SSSR count). The average Bonchev–Trinajstić information content (AvgIpc) is 3.04. The fourth-order valence-corrected chi connectivity index (χ4v) is 4.07. The van der Waals surface area contributed by atoms with Gasteiger partial charge in [0, 0.05) is 67.7 Å². The molecule has 1 aromatic heterocycles. The number of benzene rings is 1. The first kappa shape index (κ1) is 17.4. The molecule has 2 aliphatic heterocycles. The Morgan fingerprint density at radius 1 is 1.08 bits per heavy atom. The third kappa shape index (κ3) is 3.57. The second-order valence-corrected chi connectivity index (χ2v) is 7.48. The van der Waals surface area contributed by atoms with E-state index in [0.717, 1.165) is 32.1 Å². The molecule has 2 fully saturated rings. The normalized spacial score (nSPS) is 21.5. The summed E-state index contributed by atoms with van der Waals surface area (Å²) >= 11 is 3.29. The fraction of sp³-hybridized carbons (Fsp3) is 0.389. The van der Waals surface area contributed by atoms with Crippen LogP contribution in [0, 0.1) is 5.82 Å². The molecule has 1 atom stereocenters. The summed E-state index contributed by atoms with van der Waals surface area (Å²) in [6.45, 7) is 3.98. The van der Waals surface area contributed by atoms with Gasteiger partial charge in [0.1, 0.15) is 5.82 Å². The van der Waals surface area contributed by atoms with Crippen molar-refractivity contribution in [1.29, 1.82) is 0 Å². The quantitative estimate of drug-likeness (QED) is 0.763. The largest absolute Gasteiger partial charge is 0.338 e. The molecule has 6 nitrogen and oxygen atoms in total. The Morgan fingerprint density at radius 2 is 1.81 bits per heavy atom. The average molecular weight is 420 g/mol. The molecule has 136 valence electrons. The number of amides is 1. The highest BCUT2D eigenvalue weighted by Crippen LogP contribution is 2.28. The van der Waals surface area contributed by atoms with Gasteiger partial charge in [-0.05, 0) is 24.3 Å². The number of carbonyl (C=O) groups excluding carboxylic acids is 1. The van der Waals surface area contributed by atoms with Crippen LogP contribution in [0.2, 0.25) is 0 Å². The maximum atomic E-state index is 13.7. The summed E-state index contributed by atoms with van der Waals surface area (Å²) in [4.78, 5) is 27.3. The number of nitrogens with zero attached hydrogens (tertiary/aromatic N) is 5. The number of halogens is 2. The van der Waals surface area contributed by atoms with E-state index in [-0.39, 0.29) is 17.8 Å². The van der Waals surface area contributed by atoms with Gasteiger partial charge in [-0.15, -0.1) is 0 Å². The summed E-state index contributed by atoms with van der Waals surface area (Å²) < 4.78 is 14.3. The molecule has 0 spiro atoms. The molecular formula is C18H19BrFN5O. The molecule has 26 heavy (non-hydrogen) atoms. The zero-order valence-corrected chi connectivity index (χ0v) is 15.8. The van der Waals surface area contributed by atoms with E-state index in [1.165, 1.54) is 12.1 Å². The van der Waals surface area contributed by atoms with Crippen LogP contribution >= 0.6 is 15.9 Å². The third-order valence-corrected chi connectivity index (χ3v) is 5.39. The monoisotopic (exact) mass is 419 g/mol. The SMILES string of the molecule is O=C1CC(N2CCN(c3ncccn3)CC2)CN1c1cc(F)cc(Br)c1. The zero-order chi connectivity index (χ0) is 18.1. The van der Waals surface area contributed by atoms with Crippen LogP contribution in [0.3, 0.4) is 0 Å². The second-order valence-electron chi connectivity index (χ2n) is 6.56. The van der Waals surface area contributed by atoms with Gasteiger partial charge in [-0.1, -0.05) is 15.9 Å². The summed E-state index contributed by atoms with van der Waals surface area (Å²) in [5.41, 5.74) is 0.612. The highest BCUT2D eigenvalue weighted by Gasteiger charge is 2.36. The smallest absolute Gasteiger partial charge is 0.228 e. The van der Waals surface area contributed by atoms with Gasteiger partial charge in [-0.2, -0.15) is 0 Å². The minimum atomic E-state index is -0.345. The van der Waals surface area contributed by atoms with Crippen molar-refractivity contribution in [2.75, 3.05) is 42.5 Å². The summed E-state index contributed by atoms with van der Waals surface area (Å²) in [5.74, 6) is 0.448. The van der Waals surface area contributed by atoms with Crippen molar-refractivity contribution in [3.63, 3.8) is 0 Å². The van der Waals surface area contributed by atoms with Gasteiger partial charge < -0.3 is 9.80 Å². The number of aromatic nitrogens is 2. The predicted molar refractivity (Wildman–Crippen MR) is 101 cm³/mol. The van der Waals surface area contributed by atoms with Gasteiger partial charge in [0.05, 0.1) is 0 Å². The summed E-state index contributed by atoms with van der Waals surface area (Å²) in [7, 11) is 0. The van der Waals surface area contributed by atoms with E-state index in [1.807, 2.05) is 6.07 Å². The van der Waals surface area contributed by atoms with Crippen LogP contribution in [0.4, 0.5) is 16.0 Å². The Bertz CT molecular complexity index is 777. The van der Waals surface area contributed by atoms with Crippen molar-refractivity contribution in [3.8, 4) is 0 Å². The minimum absolute atomic E-state index is 0.0429. The van der Waals surface area contributed by atoms with Crippen LogP contribution in [-0.2, 0) is 4.79 Å². The molecule has 1 amide bonds. The van der Waals surface area contributed by atoms with E-state index in [0.29, 0.717) is 23.1 Å². The highest BCUT2D eigenvalue weighted by molar-refractivity contribution is 9.10. The van der Waals surface area contributed by atoms with Crippen LogP contribution in [0.5, 0.6) is 0 Å².